The van der Waals surface area contributed by atoms with Crippen LogP contribution in [0.4, 0.5) is 0 Å². The topological polar surface area (TPSA) is 77.4 Å². The molecular weight excluding hydrogens is 284 g/mol. The van der Waals surface area contributed by atoms with Crippen molar-refractivity contribution >= 4 is 17.5 Å². The maximum atomic E-state index is 9.90. The molecule has 7 heteroatoms. The number of hydrogen-bond donors (Lipinski definition) is 2. The quantitative estimate of drug-likeness (QED) is 0.785. The predicted octanol–water partition coefficient (Wildman–Crippen LogP) is 0.460. The van der Waals surface area contributed by atoms with Crippen LogP contribution in [0.15, 0.2) is 30.3 Å². The van der Waals surface area contributed by atoms with Gasteiger partial charge >= 0.3 is 5.24 Å². The second-order valence-electron chi connectivity index (χ2n) is 4.24. The van der Waals surface area contributed by atoms with Gasteiger partial charge in [-0.15, -0.1) is 0 Å². The van der Waals surface area contributed by atoms with Crippen LogP contribution >= 0.6 is 12.2 Å². The van der Waals surface area contributed by atoms with E-state index in [0.29, 0.717) is 5.75 Å². The Morgan fingerprint density at radius 3 is 2.60 bits per heavy atom. The third kappa shape index (κ3) is 3.65. The van der Waals surface area contributed by atoms with Crippen molar-refractivity contribution < 1.29 is 29.2 Å². The number of methoxy groups -OCH3 is 1. The van der Waals surface area contributed by atoms with Gasteiger partial charge < -0.3 is 29.2 Å². The summed E-state index contributed by atoms with van der Waals surface area (Å²) in [6.07, 6.45) is -4.08. The number of hydrogen-bond acceptors (Lipinski definition) is 7. The lowest BCUT2D eigenvalue weighted by Gasteiger charge is -2.36. The molecule has 2 rings (SSSR count). The van der Waals surface area contributed by atoms with E-state index < -0.39 is 24.6 Å². The van der Waals surface area contributed by atoms with Crippen molar-refractivity contribution in [2.24, 2.45) is 0 Å². The fourth-order valence-corrected chi connectivity index (χ4v) is 2.03. The summed E-state index contributed by atoms with van der Waals surface area (Å²) in [4.78, 5) is 0. The average Bonchev–Trinajstić information content (AvgIpc) is 2.45. The second-order valence-corrected chi connectivity index (χ2v) is 4.57. The van der Waals surface area contributed by atoms with Crippen LogP contribution in [-0.4, -0.2) is 53.8 Å². The lowest BCUT2D eigenvalue weighted by atomic mass is 10.1. The van der Waals surface area contributed by atoms with E-state index in [1.165, 1.54) is 7.11 Å². The molecule has 1 aromatic rings. The monoisotopic (exact) mass is 300 g/mol. The van der Waals surface area contributed by atoms with Crippen molar-refractivity contribution in [1.82, 2.24) is 0 Å². The molecule has 0 aliphatic carbocycles. The summed E-state index contributed by atoms with van der Waals surface area (Å²) in [6.45, 7) is 0.0367. The highest BCUT2D eigenvalue weighted by molar-refractivity contribution is 7.79. The zero-order valence-corrected chi connectivity index (χ0v) is 11.7. The Morgan fingerprint density at radius 2 is 1.95 bits per heavy atom. The van der Waals surface area contributed by atoms with Gasteiger partial charge in [0.05, 0.1) is 6.61 Å². The highest BCUT2D eigenvalue weighted by atomic mass is 32.1. The van der Waals surface area contributed by atoms with Gasteiger partial charge in [-0.25, -0.2) is 0 Å². The first kappa shape index (κ1) is 15.1. The Balaban J connectivity index is 1.88. The SMILES string of the molecule is CO[C@@H]1OC[C@@H](OC(=S)Oc2ccccc2)[C@H](O)[C@H]1O. The number of para-hydroxylation sites is 1. The van der Waals surface area contributed by atoms with E-state index in [4.69, 9.17) is 31.2 Å². The largest absolute Gasteiger partial charge is 0.448 e. The molecule has 0 saturated carbocycles. The molecular formula is C13H16O6S. The van der Waals surface area contributed by atoms with Crippen LogP contribution in [0.3, 0.4) is 0 Å². The van der Waals surface area contributed by atoms with Crippen LogP contribution in [0.25, 0.3) is 0 Å². The lowest BCUT2D eigenvalue weighted by Crippen LogP contribution is -2.55. The van der Waals surface area contributed by atoms with E-state index in [9.17, 15) is 10.2 Å². The van der Waals surface area contributed by atoms with Gasteiger partial charge in [-0.1, -0.05) is 18.2 Å². The Morgan fingerprint density at radius 1 is 1.25 bits per heavy atom. The fourth-order valence-electron chi connectivity index (χ4n) is 1.81. The predicted molar refractivity (Wildman–Crippen MR) is 73.3 cm³/mol. The van der Waals surface area contributed by atoms with Gasteiger partial charge in [-0.2, -0.15) is 0 Å². The van der Waals surface area contributed by atoms with Crippen LogP contribution in [0.5, 0.6) is 5.75 Å². The fraction of sp³-hybridized carbons (Fsp3) is 0.462. The summed E-state index contributed by atoms with van der Waals surface area (Å²) in [5, 5.41) is 19.5. The maximum absolute atomic E-state index is 9.90. The molecule has 20 heavy (non-hydrogen) atoms. The van der Waals surface area contributed by atoms with E-state index in [0.717, 1.165) is 0 Å². The second kappa shape index (κ2) is 6.96. The van der Waals surface area contributed by atoms with Crippen LogP contribution in [0.2, 0.25) is 0 Å². The number of ether oxygens (including phenoxy) is 4. The third-order valence-corrected chi connectivity index (χ3v) is 3.04. The average molecular weight is 300 g/mol. The third-order valence-electron chi connectivity index (χ3n) is 2.86. The highest BCUT2D eigenvalue weighted by Crippen LogP contribution is 2.19. The normalized spacial score (nSPS) is 29.8. The molecule has 1 aliphatic rings. The molecule has 0 bridgehead atoms. The molecule has 1 aliphatic heterocycles. The van der Waals surface area contributed by atoms with Gasteiger partial charge in [0, 0.05) is 19.3 Å². The standard InChI is InChI=1S/C13H16O6S/c1-16-12-11(15)10(14)9(7-17-12)19-13(20)18-8-5-3-2-4-6-8/h2-6,9-12,14-15H,7H2,1H3/t9-,10+,11-,12-/m1/s1. The van der Waals surface area contributed by atoms with Crippen molar-refractivity contribution in [2.75, 3.05) is 13.7 Å². The van der Waals surface area contributed by atoms with E-state index in [2.05, 4.69) is 0 Å². The van der Waals surface area contributed by atoms with E-state index in [1.54, 1.807) is 24.3 Å². The Kier molecular flexibility index (Phi) is 5.27. The van der Waals surface area contributed by atoms with Crippen LogP contribution in [-0.2, 0) is 14.2 Å². The van der Waals surface area contributed by atoms with Crippen molar-refractivity contribution in [3.63, 3.8) is 0 Å². The minimum absolute atomic E-state index is 0.0367. The molecule has 2 N–H and O–H groups in total. The van der Waals surface area contributed by atoms with Gasteiger partial charge in [0.1, 0.15) is 18.0 Å². The van der Waals surface area contributed by atoms with Crippen molar-refractivity contribution in [3.8, 4) is 5.75 Å². The summed E-state index contributed by atoms with van der Waals surface area (Å²) in [5.74, 6) is 0.527. The molecule has 0 amide bonds. The molecule has 4 atom stereocenters. The van der Waals surface area contributed by atoms with E-state index in [1.807, 2.05) is 6.07 Å². The lowest BCUT2D eigenvalue weighted by molar-refractivity contribution is -0.260. The molecule has 6 nitrogen and oxygen atoms in total. The zero-order valence-electron chi connectivity index (χ0n) is 10.8. The van der Waals surface area contributed by atoms with Crippen LogP contribution < -0.4 is 4.74 Å². The molecule has 1 heterocycles. The summed E-state index contributed by atoms with van der Waals surface area (Å²) in [6, 6.07) is 8.88. The highest BCUT2D eigenvalue weighted by Gasteiger charge is 2.40. The molecule has 110 valence electrons. The molecule has 1 saturated heterocycles. The molecule has 1 aromatic carbocycles. The number of benzene rings is 1. The first-order valence-electron chi connectivity index (χ1n) is 6.06. The van der Waals surface area contributed by atoms with E-state index >= 15 is 0 Å². The van der Waals surface area contributed by atoms with Gasteiger partial charge in [-0.05, 0) is 12.1 Å². The minimum Gasteiger partial charge on any atom is -0.448 e. The molecule has 0 radical (unpaired) electrons. The Labute approximate surface area is 121 Å². The van der Waals surface area contributed by atoms with Crippen molar-refractivity contribution in [1.29, 1.82) is 0 Å². The summed E-state index contributed by atoms with van der Waals surface area (Å²) in [5.41, 5.74) is 0. The number of aliphatic hydroxyl groups excluding tert-OH is 2. The van der Waals surface area contributed by atoms with Gasteiger partial charge in [0.25, 0.3) is 0 Å². The van der Waals surface area contributed by atoms with Crippen LogP contribution in [0, 0.1) is 0 Å². The molecule has 0 spiro atoms. The smallest absolute Gasteiger partial charge is 0.358 e. The zero-order chi connectivity index (χ0) is 14.5. The van der Waals surface area contributed by atoms with Gasteiger partial charge in [0.15, 0.2) is 12.4 Å². The number of aliphatic hydroxyl groups is 2. The van der Waals surface area contributed by atoms with Crippen molar-refractivity contribution in [2.45, 2.75) is 24.6 Å². The van der Waals surface area contributed by atoms with Gasteiger partial charge in [0.2, 0.25) is 0 Å². The maximum Gasteiger partial charge on any atom is 0.358 e. The Hall–Kier alpha value is -1.25. The first-order chi connectivity index (χ1) is 9.61. The molecule has 1 fully saturated rings. The van der Waals surface area contributed by atoms with Crippen molar-refractivity contribution in [3.05, 3.63) is 30.3 Å². The summed E-state index contributed by atoms with van der Waals surface area (Å²) < 4.78 is 20.6. The Bertz CT molecular complexity index is 440. The minimum atomic E-state index is -1.21. The van der Waals surface area contributed by atoms with Crippen LogP contribution in [0.1, 0.15) is 0 Å². The summed E-state index contributed by atoms with van der Waals surface area (Å²) >= 11 is 4.94. The molecule has 0 unspecified atom stereocenters. The molecule has 0 aromatic heterocycles. The first-order valence-corrected chi connectivity index (χ1v) is 6.46. The van der Waals surface area contributed by atoms with Gasteiger partial charge in [-0.3, -0.25) is 0 Å². The number of thiocarbonyl (C=S) groups is 1. The van der Waals surface area contributed by atoms with E-state index in [-0.39, 0.29) is 11.8 Å². The summed E-state index contributed by atoms with van der Waals surface area (Å²) in [7, 11) is 1.38. The number of rotatable bonds is 3.